The smallest absolute Gasteiger partial charge is 0.172 e. The topological polar surface area (TPSA) is 124 Å². The molecule has 0 fully saturated rings. The maximum Gasteiger partial charge on any atom is 0.172 e. The third kappa shape index (κ3) is 7.69. The monoisotopic (exact) mass is 598 g/mol. The predicted molar refractivity (Wildman–Crippen MR) is 176 cm³/mol. The van der Waals surface area contributed by atoms with Crippen LogP contribution in [-0.2, 0) is 10.3 Å². The van der Waals surface area contributed by atoms with Gasteiger partial charge in [-0.05, 0) is 59.6 Å². The molecule has 1 heterocycles. The lowest BCUT2D eigenvalue weighted by Gasteiger charge is -2.30. The number of hydrogen-bond donors (Lipinski definition) is 2. The molecule has 1 aliphatic carbocycles. The summed E-state index contributed by atoms with van der Waals surface area (Å²) in [5, 5.41) is 47.8. The maximum absolute atomic E-state index is 10.1. The van der Waals surface area contributed by atoms with E-state index < -0.39 is 5.60 Å². The van der Waals surface area contributed by atoms with Crippen LogP contribution in [0.5, 0.6) is 0 Å². The highest BCUT2D eigenvalue weighted by Gasteiger charge is 2.43. The van der Waals surface area contributed by atoms with E-state index in [2.05, 4.69) is 38.1 Å². The summed E-state index contributed by atoms with van der Waals surface area (Å²) in [6.07, 6.45) is 14.0. The Bertz CT molecular complexity index is 1680. The highest BCUT2D eigenvalue weighted by atomic mass is 16.5. The molecule has 4 rings (SSSR count). The zero-order valence-electron chi connectivity index (χ0n) is 26.0. The highest BCUT2D eigenvalue weighted by molar-refractivity contribution is 5.62. The van der Waals surface area contributed by atoms with Gasteiger partial charge in [0.1, 0.15) is 23.8 Å². The summed E-state index contributed by atoms with van der Waals surface area (Å²) in [7, 11) is 0. The number of aliphatic hydroxyl groups is 2. The van der Waals surface area contributed by atoms with Crippen molar-refractivity contribution < 1.29 is 14.9 Å². The lowest BCUT2D eigenvalue weighted by Crippen LogP contribution is -2.29. The van der Waals surface area contributed by atoms with Gasteiger partial charge < -0.3 is 19.8 Å². The minimum atomic E-state index is -1.05. The fraction of sp³-hybridized carbons (Fsp3) is 0.289. The van der Waals surface area contributed by atoms with Crippen LogP contribution in [0.15, 0.2) is 119 Å². The first kappa shape index (κ1) is 32.8. The molecule has 7 heteroatoms. The lowest BCUT2D eigenvalue weighted by molar-refractivity contribution is 0.0755. The molecule has 1 unspecified atom stereocenters. The third-order valence-corrected chi connectivity index (χ3v) is 8.00. The first-order chi connectivity index (χ1) is 21.7. The summed E-state index contributed by atoms with van der Waals surface area (Å²) in [5.41, 5.74) is 4.69. The Hall–Kier alpha value is -5.13. The number of aliphatic hydroxyl groups excluding tert-OH is 2. The highest BCUT2D eigenvalue weighted by Crippen LogP contribution is 2.47. The van der Waals surface area contributed by atoms with Crippen LogP contribution in [0.1, 0.15) is 44.7 Å². The molecular formula is C38H38N4O3. The van der Waals surface area contributed by atoms with Crippen molar-refractivity contribution in [2.45, 2.75) is 39.2 Å². The molecule has 0 aromatic heterocycles. The van der Waals surface area contributed by atoms with Gasteiger partial charge in [-0.3, -0.25) is 0 Å². The van der Waals surface area contributed by atoms with Gasteiger partial charge >= 0.3 is 0 Å². The quantitative estimate of drug-likeness (QED) is 0.289. The first-order valence-electron chi connectivity index (χ1n) is 14.9. The van der Waals surface area contributed by atoms with E-state index in [9.17, 15) is 26.0 Å². The Kier molecular flexibility index (Phi) is 10.6. The number of rotatable bonds is 10. The van der Waals surface area contributed by atoms with Crippen molar-refractivity contribution in [3.8, 4) is 18.2 Å². The molecule has 1 aliphatic heterocycles. The number of hydrogen-bond acceptors (Lipinski definition) is 7. The van der Waals surface area contributed by atoms with Gasteiger partial charge in [0, 0.05) is 24.4 Å². The molecule has 7 nitrogen and oxygen atoms in total. The van der Waals surface area contributed by atoms with Crippen LogP contribution in [0.3, 0.4) is 0 Å². The summed E-state index contributed by atoms with van der Waals surface area (Å²) in [6, 6.07) is 23.4. The molecule has 0 amide bonds. The standard InChI is InChI=1S/C38H38N4O3/c1-37(2)23-29(22-30(24-37)13-12-28-14-16-33(17-15-28)42(18-20-43)19-21-44)8-7-11-35-34(27-41)36(31(25-39)26-40)45-38(35,3)32-9-5-4-6-10-32/h4-17,22,43-44H,18-21,23-24H2,1-3H3/b11-7+,13-12+,29-8-. The van der Waals surface area contributed by atoms with Crippen LogP contribution < -0.4 is 4.90 Å². The Labute approximate surface area is 265 Å². The largest absolute Gasteiger partial charge is 0.474 e. The van der Waals surface area contributed by atoms with Crippen LogP contribution >= 0.6 is 0 Å². The molecule has 228 valence electrons. The second-order valence-corrected chi connectivity index (χ2v) is 12.0. The summed E-state index contributed by atoms with van der Waals surface area (Å²) in [6.45, 7) is 7.31. The van der Waals surface area contributed by atoms with E-state index in [0.29, 0.717) is 18.7 Å². The average Bonchev–Trinajstić information content (AvgIpc) is 3.32. The molecule has 0 bridgehead atoms. The Morgan fingerprint density at radius 2 is 1.56 bits per heavy atom. The summed E-state index contributed by atoms with van der Waals surface area (Å²) in [5.74, 6) is 0.00908. The Morgan fingerprint density at radius 3 is 2.16 bits per heavy atom. The van der Waals surface area contributed by atoms with E-state index in [4.69, 9.17) is 4.74 Å². The molecule has 0 saturated heterocycles. The van der Waals surface area contributed by atoms with Crippen molar-refractivity contribution >= 4 is 11.8 Å². The van der Waals surface area contributed by atoms with Gasteiger partial charge in [0.25, 0.3) is 0 Å². The van der Waals surface area contributed by atoms with Crippen molar-refractivity contribution in [1.29, 1.82) is 15.8 Å². The maximum atomic E-state index is 10.1. The van der Waals surface area contributed by atoms with Crippen molar-refractivity contribution in [3.05, 3.63) is 130 Å². The second kappa shape index (κ2) is 14.6. The molecule has 2 aliphatic rings. The number of ether oxygens (including phenoxy) is 1. The first-order valence-corrected chi connectivity index (χ1v) is 14.9. The SMILES string of the molecule is CC1(C)CC(/C=C/c2ccc(N(CCO)CCO)cc2)=CC(=C/C=C/C2=C(C#N)C(=C(C#N)C#N)OC2(C)c2ccccc2)/C1. The normalized spacial score (nSPS) is 20.1. The molecule has 45 heavy (non-hydrogen) atoms. The van der Waals surface area contributed by atoms with Gasteiger partial charge in [-0.25, -0.2) is 0 Å². The van der Waals surface area contributed by atoms with E-state index >= 15 is 0 Å². The molecule has 0 spiro atoms. The number of benzene rings is 2. The van der Waals surface area contributed by atoms with Gasteiger partial charge in [0.15, 0.2) is 16.9 Å². The van der Waals surface area contributed by atoms with Gasteiger partial charge in [-0.15, -0.1) is 0 Å². The van der Waals surface area contributed by atoms with Crippen LogP contribution in [-0.4, -0.2) is 36.5 Å². The van der Waals surface area contributed by atoms with E-state index in [0.717, 1.165) is 35.2 Å². The molecule has 1 atom stereocenters. The fourth-order valence-electron chi connectivity index (χ4n) is 5.90. The summed E-state index contributed by atoms with van der Waals surface area (Å²) >= 11 is 0. The van der Waals surface area contributed by atoms with E-state index in [-0.39, 0.29) is 35.5 Å². The van der Waals surface area contributed by atoms with Crippen LogP contribution in [0.2, 0.25) is 0 Å². The van der Waals surface area contributed by atoms with Gasteiger partial charge in [-0.1, -0.05) is 92.8 Å². The average molecular weight is 599 g/mol. The van der Waals surface area contributed by atoms with Gasteiger partial charge in [0.05, 0.1) is 13.2 Å². The molecular weight excluding hydrogens is 560 g/mol. The van der Waals surface area contributed by atoms with Crippen LogP contribution in [0.4, 0.5) is 5.69 Å². The van der Waals surface area contributed by atoms with Crippen molar-refractivity contribution in [2.75, 3.05) is 31.2 Å². The minimum Gasteiger partial charge on any atom is -0.474 e. The molecule has 2 aromatic carbocycles. The zero-order valence-corrected chi connectivity index (χ0v) is 26.0. The van der Waals surface area contributed by atoms with Gasteiger partial charge in [0.2, 0.25) is 0 Å². The van der Waals surface area contributed by atoms with Crippen LogP contribution in [0.25, 0.3) is 6.08 Å². The van der Waals surface area contributed by atoms with E-state index in [1.54, 1.807) is 0 Å². The summed E-state index contributed by atoms with van der Waals surface area (Å²) in [4.78, 5) is 1.95. The number of nitriles is 3. The third-order valence-electron chi connectivity index (χ3n) is 8.00. The van der Waals surface area contributed by atoms with Gasteiger partial charge in [-0.2, -0.15) is 15.8 Å². The zero-order chi connectivity index (χ0) is 32.5. The molecule has 0 radical (unpaired) electrons. The van der Waals surface area contributed by atoms with Crippen LogP contribution in [0, 0.1) is 39.4 Å². The number of anilines is 1. The molecule has 2 aromatic rings. The lowest BCUT2D eigenvalue weighted by atomic mass is 9.75. The van der Waals surface area contributed by atoms with E-state index in [1.165, 1.54) is 5.57 Å². The second-order valence-electron chi connectivity index (χ2n) is 12.0. The Balaban J connectivity index is 1.64. The number of allylic oxidation sites excluding steroid dienone is 8. The van der Waals surface area contributed by atoms with E-state index in [1.807, 2.05) is 96.8 Å². The van der Waals surface area contributed by atoms with Crippen molar-refractivity contribution in [2.24, 2.45) is 5.41 Å². The predicted octanol–water partition coefficient (Wildman–Crippen LogP) is 6.79. The Morgan fingerprint density at radius 1 is 0.889 bits per heavy atom. The minimum absolute atomic E-state index is 0.00908. The van der Waals surface area contributed by atoms with Crippen molar-refractivity contribution in [3.63, 3.8) is 0 Å². The number of nitrogens with zero attached hydrogens (tertiary/aromatic N) is 4. The molecule has 0 saturated carbocycles. The summed E-state index contributed by atoms with van der Waals surface area (Å²) < 4.78 is 6.23. The van der Waals surface area contributed by atoms with Crippen molar-refractivity contribution in [1.82, 2.24) is 0 Å². The fourth-order valence-corrected chi connectivity index (χ4v) is 5.90. The molecule has 2 N–H and O–H groups in total.